The van der Waals surface area contributed by atoms with Crippen molar-refractivity contribution in [2.45, 2.75) is 38.1 Å². The molecule has 1 atom stereocenters. The highest BCUT2D eigenvalue weighted by atomic mass is 32.1. The van der Waals surface area contributed by atoms with Gasteiger partial charge in [-0.05, 0) is 32.7 Å². The molecular formula is C17H23N5OS. The molecule has 128 valence electrons. The Balaban J connectivity index is 1.46. The number of aromatic nitrogens is 3. The van der Waals surface area contributed by atoms with Gasteiger partial charge >= 0.3 is 0 Å². The molecule has 0 aliphatic carbocycles. The van der Waals surface area contributed by atoms with Crippen molar-refractivity contribution in [3.63, 3.8) is 0 Å². The lowest BCUT2D eigenvalue weighted by Crippen LogP contribution is -2.37. The van der Waals surface area contributed by atoms with E-state index >= 15 is 0 Å². The monoisotopic (exact) mass is 345 g/mol. The molecule has 2 aliphatic heterocycles. The highest BCUT2D eigenvalue weighted by Crippen LogP contribution is 2.30. The molecule has 2 aromatic rings. The van der Waals surface area contributed by atoms with Crippen LogP contribution in [0.15, 0.2) is 17.6 Å². The number of hydrogen-bond donors (Lipinski definition) is 1. The molecule has 2 aliphatic rings. The van der Waals surface area contributed by atoms with Crippen molar-refractivity contribution >= 4 is 22.3 Å². The number of rotatable bonds is 4. The summed E-state index contributed by atoms with van der Waals surface area (Å²) < 4.78 is 5.49. The average molecular weight is 345 g/mol. The van der Waals surface area contributed by atoms with Gasteiger partial charge in [-0.2, -0.15) is 0 Å². The second-order valence-corrected chi connectivity index (χ2v) is 7.43. The van der Waals surface area contributed by atoms with Crippen LogP contribution >= 0.6 is 11.3 Å². The maximum absolute atomic E-state index is 5.49. The van der Waals surface area contributed by atoms with Crippen molar-refractivity contribution in [1.29, 1.82) is 0 Å². The highest BCUT2D eigenvalue weighted by Gasteiger charge is 2.31. The minimum Gasteiger partial charge on any atom is -0.381 e. The Morgan fingerprint density at radius 2 is 2.12 bits per heavy atom. The zero-order valence-corrected chi connectivity index (χ0v) is 14.8. The fraction of sp³-hybridized carbons (Fsp3) is 0.588. The number of likely N-dealkylation sites (tertiary alicyclic amines) is 1. The van der Waals surface area contributed by atoms with Crippen LogP contribution < -0.4 is 5.32 Å². The first-order valence-corrected chi connectivity index (χ1v) is 9.50. The maximum Gasteiger partial charge on any atom is 0.188 e. The standard InChI is InChI=1S/C17H23N5OS/c1-12-10-15(21-17-18-5-9-24-17)20-16(19-12)13-2-6-22(11-13)14-3-7-23-8-4-14/h5,9-10,13-14H,2-4,6-8,11H2,1H3,(H,18,19,20,21). The molecule has 0 spiro atoms. The van der Waals surface area contributed by atoms with E-state index in [0.29, 0.717) is 12.0 Å². The van der Waals surface area contributed by atoms with Crippen LogP contribution in [0.5, 0.6) is 0 Å². The summed E-state index contributed by atoms with van der Waals surface area (Å²) in [5.41, 5.74) is 1.00. The third-order valence-corrected chi connectivity index (χ3v) is 5.52. The number of nitrogens with zero attached hydrogens (tertiary/aromatic N) is 4. The Bertz CT molecular complexity index is 672. The molecule has 0 amide bonds. The molecule has 4 rings (SSSR count). The van der Waals surface area contributed by atoms with Crippen LogP contribution in [-0.2, 0) is 4.74 Å². The first kappa shape index (κ1) is 15.9. The first-order valence-electron chi connectivity index (χ1n) is 8.62. The summed E-state index contributed by atoms with van der Waals surface area (Å²) in [6.07, 6.45) is 5.23. The van der Waals surface area contributed by atoms with Gasteiger partial charge in [0, 0.05) is 55.1 Å². The smallest absolute Gasteiger partial charge is 0.188 e. The SMILES string of the molecule is Cc1cc(Nc2nccs2)nc(C2CCN(C3CCOCC3)C2)n1. The van der Waals surface area contributed by atoms with Gasteiger partial charge in [0.05, 0.1) is 0 Å². The lowest BCUT2D eigenvalue weighted by atomic mass is 10.1. The molecule has 24 heavy (non-hydrogen) atoms. The number of ether oxygens (including phenoxy) is 1. The van der Waals surface area contributed by atoms with Gasteiger partial charge in [-0.25, -0.2) is 15.0 Å². The van der Waals surface area contributed by atoms with Crippen molar-refractivity contribution < 1.29 is 4.74 Å². The molecule has 1 N–H and O–H groups in total. The molecule has 0 bridgehead atoms. The van der Waals surface area contributed by atoms with E-state index in [0.717, 1.165) is 68.0 Å². The minimum atomic E-state index is 0.421. The molecule has 2 aromatic heterocycles. The lowest BCUT2D eigenvalue weighted by molar-refractivity contribution is 0.0419. The van der Waals surface area contributed by atoms with Crippen molar-refractivity contribution in [2.75, 3.05) is 31.6 Å². The molecule has 0 radical (unpaired) electrons. The predicted molar refractivity (Wildman–Crippen MR) is 94.9 cm³/mol. The molecule has 2 fully saturated rings. The fourth-order valence-corrected chi connectivity index (χ4v) is 4.15. The molecule has 0 saturated carbocycles. The largest absolute Gasteiger partial charge is 0.381 e. The van der Waals surface area contributed by atoms with E-state index in [1.54, 1.807) is 17.5 Å². The second-order valence-electron chi connectivity index (χ2n) is 6.54. The quantitative estimate of drug-likeness (QED) is 0.919. The van der Waals surface area contributed by atoms with Crippen molar-refractivity contribution in [3.05, 3.63) is 29.2 Å². The summed E-state index contributed by atoms with van der Waals surface area (Å²) in [4.78, 5) is 16.3. The van der Waals surface area contributed by atoms with Gasteiger partial charge in [-0.3, -0.25) is 4.90 Å². The molecule has 6 nitrogen and oxygen atoms in total. The van der Waals surface area contributed by atoms with Gasteiger partial charge in [-0.1, -0.05) is 0 Å². The maximum atomic E-state index is 5.49. The second kappa shape index (κ2) is 7.13. The van der Waals surface area contributed by atoms with E-state index in [1.165, 1.54) is 0 Å². The van der Waals surface area contributed by atoms with Crippen LogP contribution in [0, 0.1) is 6.92 Å². The average Bonchev–Trinajstić information content (AvgIpc) is 3.27. The van der Waals surface area contributed by atoms with E-state index in [4.69, 9.17) is 14.7 Å². The number of thiazole rings is 1. The number of nitrogens with one attached hydrogen (secondary N) is 1. The van der Waals surface area contributed by atoms with Crippen molar-refractivity contribution in [1.82, 2.24) is 19.9 Å². The third-order valence-electron chi connectivity index (χ3n) is 4.83. The van der Waals surface area contributed by atoms with Crippen molar-refractivity contribution in [3.8, 4) is 0 Å². The fourth-order valence-electron chi connectivity index (χ4n) is 3.61. The van der Waals surface area contributed by atoms with E-state index in [9.17, 15) is 0 Å². The molecular weight excluding hydrogens is 322 g/mol. The van der Waals surface area contributed by atoms with Gasteiger partial charge in [0.15, 0.2) is 5.13 Å². The molecule has 2 saturated heterocycles. The van der Waals surface area contributed by atoms with Gasteiger partial charge in [-0.15, -0.1) is 11.3 Å². The van der Waals surface area contributed by atoms with Crippen LogP contribution in [0.4, 0.5) is 10.9 Å². The molecule has 1 unspecified atom stereocenters. The van der Waals surface area contributed by atoms with Crippen LogP contribution in [0.3, 0.4) is 0 Å². The van der Waals surface area contributed by atoms with Crippen LogP contribution in [0.1, 0.15) is 36.7 Å². The first-order chi connectivity index (χ1) is 11.8. The van der Waals surface area contributed by atoms with E-state index in [-0.39, 0.29) is 0 Å². The Kier molecular flexibility index (Phi) is 4.73. The van der Waals surface area contributed by atoms with Gasteiger partial charge in [0.25, 0.3) is 0 Å². The van der Waals surface area contributed by atoms with Crippen LogP contribution in [0.25, 0.3) is 0 Å². The summed E-state index contributed by atoms with van der Waals surface area (Å²) in [6.45, 7) is 6.03. The van der Waals surface area contributed by atoms with E-state index in [1.807, 2.05) is 18.4 Å². The Morgan fingerprint density at radius 3 is 2.92 bits per heavy atom. The predicted octanol–water partition coefficient (Wildman–Crippen LogP) is 2.95. The zero-order valence-electron chi connectivity index (χ0n) is 13.9. The van der Waals surface area contributed by atoms with Crippen LogP contribution in [0.2, 0.25) is 0 Å². The zero-order chi connectivity index (χ0) is 16.4. The van der Waals surface area contributed by atoms with Crippen LogP contribution in [-0.4, -0.2) is 52.2 Å². The Labute approximate surface area is 146 Å². The van der Waals surface area contributed by atoms with Crippen molar-refractivity contribution in [2.24, 2.45) is 0 Å². The summed E-state index contributed by atoms with van der Waals surface area (Å²) in [6, 6.07) is 2.65. The number of hydrogen-bond acceptors (Lipinski definition) is 7. The summed E-state index contributed by atoms with van der Waals surface area (Å²) in [5, 5.41) is 6.12. The van der Waals surface area contributed by atoms with Gasteiger partial charge < -0.3 is 10.1 Å². The minimum absolute atomic E-state index is 0.421. The van der Waals surface area contributed by atoms with E-state index < -0.39 is 0 Å². The highest BCUT2D eigenvalue weighted by molar-refractivity contribution is 7.13. The number of anilines is 2. The molecule has 7 heteroatoms. The van der Waals surface area contributed by atoms with E-state index in [2.05, 4.69) is 15.2 Å². The normalized spacial score (nSPS) is 22.8. The van der Waals surface area contributed by atoms with Gasteiger partial charge in [0.2, 0.25) is 0 Å². The summed E-state index contributed by atoms with van der Waals surface area (Å²) in [5.74, 6) is 2.23. The summed E-state index contributed by atoms with van der Waals surface area (Å²) >= 11 is 1.58. The Morgan fingerprint density at radius 1 is 1.25 bits per heavy atom. The molecule has 0 aromatic carbocycles. The Hall–Kier alpha value is -1.57. The molecule has 4 heterocycles. The summed E-state index contributed by atoms with van der Waals surface area (Å²) in [7, 11) is 0. The topological polar surface area (TPSA) is 63.2 Å². The van der Waals surface area contributed by atoms with Gasteiger partial charge in [0.1, 0.15) is 11.6 Å². The third kappa shape index (κ3) is 3.58. The number of aryl methyl sites for hydroxylation is 1. The lowest BCUT2D eigenvalue weighted by Gasteiger charge is -2.30.